The van der Waals surface area contributed by atoms with Crippen LogP contribution in [0.25, 0.3) is 0 Å². The number of hydrogen-bond acceptors (Lipinski definition) is 6. The molecule has 0 aliphatic carbocycles. The van der Waals surface area contributed by atoms with Gasteiger partial charge in [0.2, 0.25) is 0 Å². The monoisotopic (exact) mass is 339 g/mol. The Balaban J connectivity index is 1.70. The molecule has 3 rings (SSSR count). The third kappa shape index (κ3) is 3.70. The third-order valence-electron chi connectivity index (χ3n) is 5.10. The van der Waals surface area contributed by atoms with Crippen LogP contribution in [0.5, 0.6) is 5.06 Å². The summed E-state index contributed by atoms with van der Waals surface area (Å²) in [6.07, 6.45) is 2.10. The highest BCUT2D eigenvalue weighted by Gasteiger charge is 2.42. The smallest absolute Gasteiger partial charge is 0.310 e. The highest BCUT2D eigenvalue weighted by molar-refractivity contribution is 7.12. The lowest BCUT2D eigenvalue weighted by molar-refractivity contribution is -0.147. The predicted octanol–water partition coefficient (Wildman–Crippen LogP) is 2.40. The Kier molecular flexibility index (Phi) is 5.56. The van der Waals surface area contributed by atoms with Crippen molar-refractivity contribution in [1.29, 1.82) is 0 Å². The normalized spacial score (nSPS) is 26.3. The fourth-order valence-electron chi connectivity index (χ4n) is 3.92. The van der Waals surface area contributed by atoms with Crippen LogP contribution in [0.4, 0.5) is 0 Å². The molecular weight excluding hydrogens is 314 g/mol. The Morgan fingerprint density at radius 2 is 2.13 bits per heavy atom. The SMILES string of the molecule is COC(=O)[C@@H]1CN(Cc2ccsc2OC)C[C@H]1C1CCOCC1. The minimum Gasteiger partial charge on any atom is -0.487 e. The van der Waals surface area contributed by atoms with Gasteiger partial charge in [-0.3, -0.25) is 9.69 Å². The number of thiophene rings is 1. The van der Waals surface area contributed by atoms with Gasteiger partial charge in [0.25, 0.3) is 0 Å². The third-order valence-corrected chi connectivity index (χ3v) is 6.02. The number of nitrogens with zero attached hydrogens (tertiary/aromatic N) is 1. The highest BCUT2D eigenvalue weighted by Crippen LogP contribution is 2.37. The summed E-state index contributed by atoms with van der Waals surface area (Å²) in [7, 11) is 3.20. The molecular formula is C17H25NO4S. The van der Waals surface area contributed by atoms with E-state index in [0.717, 1.165) is 50.8 Å². The second-order valence-corrected chi connectivity index (χ2v) is 7.25. The summed E-state index contributed by atoms with van der Waals surface area (Å²) in [5.41, 5.74) is 1.20. The van der Waals surface area contributed by atoms with Crippen LogP contribution < -0.4 is 4.74 Å². The van der Waals surface area contributed by atoms with Gasteiger partial charge in [-0.15, -0.1) is 11.3 Å². The molecule has 2 saturated heterocycles. The van der Waals surface area contributed by atoms with E-state index in [1.54, 1.807) is 18.4 Å². The molecule has 2 aliphatic rings. The van der Waals surface area contributed by atoms with Gasteiger partial charge in [0.15, 0.2) is 5.06 Å². The van der Waals surface area contributed by atoms with Crippen molar-refractivity contribution < 1.29 is 19.0 Å². The van der Waals surface area contributed by atoms with Gasteiger partial charge in [-0.05, 0) is 36.1 Å². The Bertz CT molecular complexity index is 526. The molecule has 0 N–H and O–H groups in total. The first-order valence-electron chi connectivity index (χ1n) is 8.21. The van der Waals surface area contributed by atoms with E-state index in [1.807, 2.05) is 0 Å². The number of methoxy groups -OCH3 is 2. The van der Waals surface area contributed by atoms with Gasteiger partial charge in [-0.2, -0.15) is 0 Å². The fraction of sp³-hybridized carbons (Fsp3) is 0.706. The molecule has 128 valence electrons. The molecule has 0 aromatic carbocycles. The zero-order valence-corrected chi connectivity index (χ0v) is 14.6. The number of carbonyl (C=O) groups is 1. The maximum absolute atomic E-state index is 12.2. The Hall–Kier alpha value is -1.11. The first-order chi connectivity index (χ1) is 11.2. The molecule has 0 unspecified atom stereocenters. The largest absolute Gasteiger partial charge is 0.487 e. The van der Waals surface area contributed by atoms with Crippen LogP contribution in [0.2, 0.25) is 0 Å². The molecule has 0 amide bonds. The first kappa shape index (κ1) is 16.7. The second-order valence-electron chi connectivity index (χ2n) is 6.37. The van der Waals surface area contributed by atoms with Crippen molar-refractivity contribution in [2.75, 3.05) is 40.5 Å². The first-order valence-corrected chi connectivity index (χ1v) is 9.09. The molecule has 0 radical (unpaired) electrons. The van der Waals surface area contributed by atoms with Crippen molar-refractivity contribution in [2.24, 2.45) is 17.8 Å². The molecule has 2 atom stereocenters. The Morgan fingerprint density at radius 1 is 1.35 bits per heavy atom. The summed E-state index contributed by atoms with van der Waals surface area (Å²) >= 11 is 1.62. The van der Waals surface area contributed by atoms with Crippen LogP contribution in [0.1, 0.15) is 18.4 Å². The average Bonchev–Trinajstić information content (AvgIpc) is 3.22. The van der Waals surface area contributed by atoms with Gasteiger partial charge >= 0.3 is 5.97 Å². The summed E-state index contributed by atoms with van der Waals surface area (Å²) in [4.78, 5) is 14.6. The number of rotatable bonds is 5. The number of ether oxygens (including phenoxy) is 3. The summed E-state index contributed by atoms with van der Waals surface area (Å²) < 4.78 is 16.0. The summed E-state index contributed by atoms with van der Waals surface area (Å²) in [6.45, 7) is 4.18. The Labute approximate surface area is 141 Å². The standard InChI is InChI=1S/C17H25NO4S/c1-20-16(19)15-11-18(9-13-5-8-23-17(13)21-2)10-14(15)12-3-6-22-7-4-12/h5,8,12,14-15H,3-4,6-7,9-11H2,1-2H3/t14-,15+/m0/s1. The highest BCUT2D eigenvalue weighted by atomic mass is 32.1. The van der Waals surface area contributed by atoms with Crippen molar-refractivity contribution in [1.82, 2.24) is 4.90 Å². The van der Waals surface area contributed by atoms with E-state index >= 15 is 0 Å². The second kappa shape index (κ2) is 7.64. The molecule has 5 nitrogen and oxygen atoms in total. The molecule has 6 heteroatoms. The van der Waals surface area contributed by atoms with Crippen molar-refractivity contribution in [3.8, 4) is 5.06 Å². The van der Waals surface area contributed by atoms with E-state index in [2.05, 4.69) is 16.3 Å². The lowest BCUT2D eigenvalue weighted by Crippen LogP contribution is -2.32. The van der Waals surface area contributed by atoms with Crippen LogP contribution in [0, 0.1) is 17.8 Å². The molecule has 1 aromatic heterocycles. The number of hydrogen-bond donors (Lipinski definition) is 0. The zero-order valence-electron chi connectivity index (χ0n) is 13.8. The fourth-order valence-corrected chi connectivity index (χ4v) is 4.66. The minimum absolute atomic E-state index is 0.0206. The van der Waals surface area contributed by atoms with E-state index in [-0.39, 0.29) is 11.9 Å². The molecule has 2 aliphatic heterocycles. The number of carbonyl (C=O) groups excluding carboxylic acids is 1. The lowest BCUT2D eigenvalue weighted by Gasteiger charge is -2.30. The van der Waals surface area contributed by atoms with Gasteiger partial charge < -0.3 is 14.2 Å². The van der Waals surface area contributed by atoms with E-state index < -0.39 is 0 Å². The van der Waals surface area contributed by atoms with E-state index in [1.165, 1.54) is 12.7 Å². The van der Waals surface area contributed by atoms with Crippen molar-refractivity contribution >= 4 is 17.3 Å². The zero-order chi connectivity index (χ0) is 16.2. The quantitative estimate of drug-likeness (QED) is 0.771. The van der Waals surface area contributed by atoms with E-state index in [9.17, 15) is 4.79 Å². The van der Waals surface area contributed by atoms with Crippen LogP contribution in [0.3, 0.4) is 0 Å². The minimum atomic E-state index is -0.0683. The van der Waals surface area contributed by atoms with Crippen molar-refractivity contribution in [2.45, 2.75) is 19.4 Å². The predicted molar refractivity (Wildman–Crippen MR) is 88.7 cm³/mol. The average molecular weight is 339 g/mol. The topological polar surface area (TPSA) is 48.0 Å². The molecule has 0 spiro atoms. The van der Waals surface area contributed by atoms with Gasteiger partial charge in [0.1, 0.15) is 0 Å². The van der Waals surface area contributed by atoms with E-state index in [4.69, 9.17) is 14.2 Å². The molecule has 23 heavy (non-hydrogen) atoms. The van der Waals surface area contributed by atoms with Crippen molar-refractivity contribution in [3.05, 3.63) is 17.0 Å². The van der Waals surface area contributed by atoms with Gasteiger partial charge in [-0.25, -0.2) is 0 Å². The van der Waals surface area contributed by atoms with Gasteiger partial charge in [0, 0.05) is 38.4 Å². The van der Waals surface area contributed by atoms with Crippen LogP contribution in [0.15, 0.2) is 11.4 Å². The summed E-state index contributed by atoms with van der Waals surface area (Å²) in [5, 5.41) is 3.02. The molecule has 1 aromatic rings. The van der Waals surface area contributed by atoms with Gasteiger partial charge in [0.05, 0.1) is 20.1 Å². The summed E-state index contributed by atoms with van der Waals surface area (Å²) in [5.74, 6) is 0.840. The van der Waals surface area contributed by atoms with Crippen molar-refractivity contribution in [3.63, 3.8) is 0 Å². The van der Waals surface area contributed by atoms with Crippen LogP contribution in [-0.2, 0) is 20.8 Å². The molecule has 3 heterocycles. The van der Waals surface area contributed by atoms with Crippen LogP contribution in [-0.4, -0.2) is 51.4 Å². The maximum Gasteiger partial charge on any atom is 0.310 e. The van der Waals surface area contributed by atoms with Gasteiger partial charge in [-0.1, -0.05) is 0 Å². The molecule has 0 bridgehead atoms. The summed E-state index contributed by atoms with van der Waals surface area (Å²) in [6, 6.07) is 2.11. The lowest BCUT2D eigenvalue weighted by atomic mass is 9.79. The van der Waals surface area contributed by atoms with E-state index in [0.29, 0.717) is 11.8 Å². The van der Waals surface area contributed by atoms with Crippen LogP contribution >= 0.6 is 11.3 Å². The number of likely N-dealkylation sites (tertiary alicyclic amines) is 1. The molecule has 2 fully saturated rings. The maximum atomic E-state index is 12.2. The molecule has 0 saturated carbocycles. The number of esters is 1. The Morgan fingerprint density at radius 3 is 2.83 bits per heavy atom.